The highest BCUT2D eigenvalue weighted by atomic mass is 19.4. The van der Waals surface area contributed by atoms with Crippen LogP contribution in [0.5, 0.6) is 5.75 Å². The molecule has 1 aromatic rings. The van der Waals surface area contributed by atoms with E-state index in [4.69, 9.17) is 4.74 Å². The fraction of sp³-hybridized carbons (Fsp3) is 0.417. The van der Waals surface area contributed by atoms with Crippen molar-refractivity contribution in [1.29, 1.82) is 0 Å². The van der Waals surface area contributed by atoms with E-state index in [0.717, 1.165) is 13.0 Å². The molecule has 0 spiro atoms. The van der Waals surface area contributed by atoms with E-state index >= 15 is 0 Å². The summed E-state index contributed by atoms with van der Waals surface area (Å²) in [4.78, 5) is 11.2. The maximum absolute atomic E-state index is 13.0. The highest BCUT2D eigenvalue weighted by Crippen LogP contribution is 2.39. The number of carbonyl (C=O) groups is 1. The molecule has 17 heavy (non-hydrogen) atoms. The fourth-order valence-corrected chi connectivity index (χ4v) is 1.79. The summed E-state index contributed by atoms with van der Waals surface area (Å²) in [7, 11) is 1.31. The third-order valence-electron chi connectivity index (χ3n) is 2.51. The molecule has 0 saturated carbocycles. The topological polar surface area (TPSA) is 26.3 Å². The van der Waals surface area contributed by atoms with Crippen molar-refractivity contribution in [2.24, 2.45) is 0 Å². The lowest BCUT2D eigenvalue weighted by atomic mass is 9.95. The molecule has 0 aliphatic rings. The molecule has 0 atom stereocenters. The van der Waals surface area contributed by atoms with E-state index < -0.39 is 17.5 Å². The normalized spacial score (nSPS) is 11.4. The summed E-state index contributed by atoms with van der Waals surface area (Å²) in [6.07, 6.45) is -4.40. The van der Waals surface area contributed by atoms with Crippen LogP contribution in [0.1, 0.15) is 35.3 Å². The first-order valence-corrected chi connectivity index (χ1v) is 5.10. The SMILES string of the molecule is CCc1c(OC)ccc(C(C)=O)c1C(F)(F)F. The number of carbonyl (C=O) groups excluding carboxylic acids is 1. The van der Waals surface area contributed by atoms with Crippen molar-refractivity contribution in [3.8, 4) is 5.75 Å². The van der Waals surface area contributed by atoms with Gasteiger partial charge in [0, 0.05) is 11.1 Å². The number of halogens is 3. The molecule has 0 radical (unpaired) electrons. The van der Waals surface area contributed by atoms with Gasteiger partial charge in [-0.3, -0.25) is 4.79 Å². The Kier molecular flexibility index (Phi) is 3.80. The zero-order valence-corrected chi connectivity index (χ0v) is 9.81. The molecule has 0 heterocycles. The Labute approximate surface area is 97.4 Å². The number of benzene rings is 1. The van der Waals surface area contributed by atoms with E-state index in [-0.39, 0.29) is 23.3 Å². The van der Waals surface area contributed by atoms with Crippen LogP contribution >= 0.6 is 0 Å². The molecule has 0 aliphatic heterocycles. The van der Waals surface area contributed by atoms with E-state index in [9.17, 15) is 18.0 Å². The van der Waals surface area contributed by atoms with Gasteiger partial charge in [0.05, 0.1) is 12.7 Å². The van der Waals surface area contributed by atoms with Crippen LogP contribution in [-0.4, -0.2) is 12.9 Å². The van der Waals surface area contributed by atoms with Gasteiger partial charge in [0.2, 0.25) is 0 Å². The smallest absolute Gasteiger partial charge is 0.417 e. The maximum atomic E-state index is 13.0. The van der Waals surface area contributed by atoms with Gasteiger partial charge in [-0.25, -0.2) is 0 Å². The number of rotatable bonds is 3. The van der Waals surface area contributed by atoms with Crippen molar-refractivity contribution >= 4 is 5.78 Å². The van der Waals surface area contributed by atoms with Gasteiger partial charge in [0.1, 0.15) is 5.75 Å². The third kappa shape index (κ3) is 2.60. The number of methoxy groups -OCH3 is 1. The van der Waals surface area contributed by atoms with Crippen LogP contribution in [-0.2, 0) is 12.6 Å². The lowest BCUT2D eigenvalue weighted by Gasteiger charge is -2.18. The molecule has 5 heteroatoms. The summed E-state index contributed by atoms with van der Waals surface area (Å²) < 4.78 is 43.8. The van der Waals surface area contributed by atoms with E-state index in [1.165, 1.54) is 13.2 Å². The minimum absolute atomic E-state index is 0.0210. The van der Waals surface area contributed by atoms with Gasteiger partial charge < -0.3 is 4.74 Å². The first-order valence-electron chi connectivity index (χ1n) is 5.10. The molecule has 0 fully saturated rings. The lowest BCUT2D eigenvalue weighted by molar-refractivity contribution is -0.138. The fourth-order valence-electron chi connectivity index (χ4n) is 1.79. The maximum Gasteiger partial charge on any atom is 0.417 e. The van der Waals surface area contributed by atoms with Crippen molar-refractivity contribution in [2.75, 3.05) is 7.11 Å². The molecule has 2 nitrogen and oxygen atoms in total. The third-order valence-corrected chi connectivity index (χ3v) is 2.51. The molecule has 0 N–H and O–H groups in total. The Morgan fingerprint density at radius 2 is 1.94 bits per heavy atom. The summed E-state index contributed by atoms with van der Waals surface area (Å²) in [5.74, 6) is -0.445. The Balaban J connectivity index is 3.62. The molecule has 0 amide bonds. The molecule has 1 aromatic carbocycles. The second-order valence-corrected chi connectivity index (χ2v) is 3.58. The van der Waals surface area contributed by atoms with Gasteiger partial charge in [-0.15, -0.1) is 0 Å². The molecule has 0 bridgehead atoms. The molecular formula is C12H13F3O2. The van der Waals surface area contributed by atoms with E-state index in [1.807, 2.05) is 0 Å². The van der Waals surface area contributed by atoms with Crippen molar-refractivity contribution in [3.63, 3.8) is 0 Å². The van der Waals surface area contributed by atoms with Gasteiger partial charge in [0.15, 0.2) is 5.78 Å². The van der Waals surface area contributed by atoms with Crippen LogP contribution < -0.4 is 4.74 Å². The Morgan fingerprint density at radius 3 is 2.29 bits per heavy atom. The van der Waals surface area contributed by atoms with Crippen molar-refractivity contribution < 1.29 is 22.7 Å². The van der Waals surface area contributed by atoms with Crippen LogP contribution in [0.2, 0.25) is 0 Å². The molecule has 94 valence electrons. The highest BCUT2D eigenvalue weighted by molar-refractivity contribution is 5.96. The molecule has 0 aliphatic carbocycles. The summed E-state index contributed by atoms with van der Waals surface area (Å²) in [6, 6.07) is 2.55. The van der Waals surface area contributed by atoms with Gasteiger partial charge >= 0.3 is 6.18 Å². The zero-order chi connectivity index (χ0) is 13.2. The van der Waals surface area contributed by atoms with Crippen LogP contribution in [0.15, 0.2) is 12.1 Å². The minimum atomic E-state index is -4.55. The predicted molar refractivity (Wildman–Crippen MR) is 57.4 cm³/mol. The lowest BCUT2D eigenvalue weighted by Crippen LogP contribution is -2.15. The largest absolute Gasteiger partial charge is 0.496 e. The van der Waals surface area contributed by atoms with Gasteiger partial charge in [-0.05, 0) is 25.5 Å². The van der Waals surface area contributed by atoms with Crippen LogP contribution in [0.25, 0.3) is 0 Å². The van der Waals surface area contributed by atoms with Crippen molar-refractivity contribution in [1.82, 2.24) is 0 Å². The van der Waals surface area contributed by atoms with Crippen LogP contribution in [0, 0.1) is 0 Å². The summed E-state index contributed by atoms with van der Waals surface area (Å²) >= 11 is 0. The number of Topliss-reactive ketones (excluding diaryl/α,β-unsaturated/α-hetero) is 1. The molecule has 0 saturated heterocycles. The van der Waals surface area contributed by atoms with E-state index in [0.29, 0.717) is 0 Å². The van der Waals surface area contributed by atoms with Gasteiger partial charge in [-0.2, -0.15) is 13.2 Å². The summed E-state index contributed by atoms with van der Waals surface area (Å²) in [5, 5.41) is 0. The second kappa shape index (κ2) is 4.77. The first-order chi connectivity index (χ1) is 7.82. The standard InChI is InChI=1S/C12H13F3O2/c1-4-8-10(17-3)6-5-9(7(2)16)11(8)12(13,14)15/h5-6H,4H2,1-3H3. The van der Waals surface area contributed by atoms with Crippen molar-refractivity contribution in [2.45, 2.75) is 26.4 Å². The monoisotopic (exact) mass is 246 g/mol. The minimum Gasteiger partial charge on any atom is -0.496 e. The zero-order valence-electron chi connectivity index (χ0n) is 9.81. The van der Waals surface area contributed by atoms with Gasteiger partial charge in [0.25, 0.3) is 0 Å². The van der Waals surface area contributed by atoms with Crippen LogP contribution in [0.4, 0.5) is 13.2 Å². The number of alkyl halides is 3. The summed E-state index contributed by atoms with van der Waals surface area (Å²) in [5.41, 5.74) is -1.17. The molecular weight excluding hydrogens is 233 g/mol. The number of hydrogen-bond donors (Lipinski definition) is 0. The Morgan fingerprint density at radius 1 is 1.35 bits per heavy atom. The Hall–Kier alpha value is -1.52. The quantitative estimate of drug-likeness (QED) is 0.763. The average Bonchev–Trinajstić information content (AvgIpc) is 2.25. The predicted octanol–water partition coefficient (Wildman–Crippen LogP) is 3.48. The molecule has 1 rings (SSSR count). The number of hydrogen-bond acceptors (Lipinski definition) is 2. The van der Waals surface area contributed by atoms with Gasteiger partial charge in [-0.1, -0.05) is 6.92 Å². The number of ether oxygens (including phenoxy) is 1. The average molecular weight is 246 g/mol. The molecule has 0 aromatic heterocycles. The van der Waals surface area contributed by atoms with Crippen molar-refractivity contribution in [3.05, 3.63) is 28.8 Å². The number of ketones is 1. The Bertz CT molecular complexity index is 436. The van der Waals surface area contributed by atoms with E-state index in [2.05, 4.69) is 0 Å². The highest BCUT2D eigenvalue weighted by Gasteiger charge is 2.38. The first kappa shape index (κ1) is 13.5. The second-order valence-electron chi connectivity index (χ2n) is 3.58. The summed E-state index contributed by atoms with van der Waals surface area (Å²) in [6.45, 7) is 2.72. The van der Waals surface area contributed by atoms with E-state index in [1.54, 1.807) is 6.92 Å². The molecule has 0 unspecified atom stereocenters. The van der Waals surface area contributed by atoms with Crippen LogP contribution in [0.3, 0.4) is 0 Å².